The van der Waals surface area contributed by atoms with Crippen LogP contribution in [-0.2, 0) is 4.79 Å². The third-order valence-electron chi connectivity index (χ3n) is 4.65. The summed E-state index contributed by atoms with van der Waals surface area (Å²) < 4.78 is 5.62. The molecule has 0 bridgehead atoms. The number of fused-ring (bicyclic) bond motifs is 3. The van der Waals surface area contributed by atoms with Gasteiger partial charge in [-0.3, -0.25) is 14.8 Å². The van der Waals surface area contributed by atoms with Gasteiger partial charge in [0.15, 0.2) is 5.76 Å². The summed E-state index contributed by atoms with van der Waals surface area (Å²) in [5.74, 6) is 0.471. The summed E-state index contributed by atoms with van der Waals surface area (Å²) in [4.78, 5) is 21.8. The van der Waals surface area contributed by atoms with E-state index >= 15 is 0 Å². The summed E-state index contributed by atoms with van der Waals surface area (Å²) >= 11 is 6.06. The van der Waals surface area contributed by atoms with E-state index in [0.29, 0.717) is 17.3 Å². The molecule has 6 nitrogen and oxygen atoms in total. The number of pyridine rings is 1. The van der Waals surface area contributed by atoms with E-state index in [1.165, 1.54) is 0 Å². The summed E-state index contributed by atoms with van der Waals surface area (Å²) in [6.07, 6.45) is 1.90. The normalized spacial score (nSPS) is 15.2. The molecule has 3 aromatic rings. The molecule has 1 aromatic carbocycles. The molecule has 1 N–H and O–H groups in total. The first kappa shape index (κ1) is 18.4. The number of amides is 1. The maximum atomic E-state index is 12.3. The van der Waals surface area contributed by atoms with Crippen molar-refractivity contribution in [2.45, 2.75) is 26.3 Å². The number of halogens is 1. The van der Waals surface area contributed by atoms with Crippen molar-refractivity contribution in [3.63, 3.8) is 0 Å². The molecule has 0 spiro atoms. The second-order valence-electron chi connectivity index (χ2n) is 6.56. The molecular weight excluding hydrogens is 376 g/mol. The second kappa shape index (κ2) is 7.56. The van der Waals surface area contributed by atoms with Crippen LogP contribution in [0.3, 0.4) is 0 Å². The van der Waals surface area contributed by atoms with Gasteiger partial charge in [0.2, 0.25) is 5.91 Å². The van der Waals surface area contributed by atoms with Crippen LogP contribution >= 0.6 is 11.6 Å². The number of carbonyl (C=O) groups is 1. The number of nitrogens with one attached hydrogen (secondary N) is 1. The Bertz CT molecular complexity index is 1060. The van der Waals surface area contributed by atoms with E-state index in [4.69, 9.17) is 21.1 Å². The minimum Gasteiger partial charge on any atom is -0.358 e. The molecule has 1 unspecified atom stereocenters. The predicted molar refractivity (Wildman–Crippen MR) is 108 cm³/mol. The van der Waals surface area contributed by atoms with Gasteiger partial charge in [-0.25, -0.2) is 0 Å². The highest BCUT2D eigenvalue weighted by molar-refractivity contribution is 6.30. The zero-order chi connectivity index (χ0) is 19.7. The van der Waals surface area contributed by atoms with Gasteiger partial charge in [0.1, 0.15) is 6.04 Å². The van der Waals surface area contributed by atoms with Gasteiger partial charge >= 0.3 is 0 Å². The van der Waals surface area contributed by atoms with E-state index in [2.05, 4.69) is 15.5 Å². The van der Waals surface area contributed by atoms with E-state index in [1.807, 2.05) is 50.2 Å². The molecule has 0 fully saturated rings. The molecule has 1 atom stereocenters. The molecule has 1 amide bonds. The van der Waals surface area contributed by atoms with Crippen LogP contribution in [0, 0.1) is 6.92 Å². The molecule has 3 heterocycles. The number of nitrogens with zero attached hydrogens (tertiary/aromatic N) is 3. The maximum absolute atomic E-state index is 12.3. The Morgan fingerprint density at radius 3 is 2.79 bits per heavy atom. The van der Waals surface area contributed by atoms with Gasteiger partial charge in [-0.15, -0.1) is 0 Å². The van der Waals surface area contributed by atoms with Crippen molar-refractivity contribution in [1.82, 2.24) is 15.5 Å². The van der Waals surface area contributed by atoms with Crippen LogP contribution in [0.4, 0.5) is 0 Å². The zero-order valence-electron chi connectivity index (χ0n) is 15.6. The van der Waals surface area contributed by atoms with Crippen molar-refractivity contribution in [1.29, 1.82) is 0 Å². The van der Waals surface area contributed by atoms with Crippen LogP contribution < -0.4 is 5.32 Å². The lowest BCUT2D eigenvalue weighted by atomic mass is 9.97. The number of aliphatic imine (C=N–C) groups is 1. The summed E-state index contributed by atoms with van der Waals surface area (Å²) in [7, 11) is 0. The largest absolute Gasteiger partial charge is 0.358 e. The van der Waals surface area contributed by atoms with E-state index in [1.54, 1.807) is 6.20 Å². The number of benzene rings is 1. The Kier molecular flexibility index (Phi) is 4.96. The molecule has 0 aliphatic carbocycles. The fourth-order valence-electron chi connectivity index (χ4n) is 3.40. The van der Waals surface area contributed by atoms with Gasteiger partial charge in [-0.1, -0.05) is 28.9 Å². The van der Waals surface area contributed by atoms with Crippen LogP contribution in [0.15, 0.2) is 52.1 Å². The lowest BCUT2D eigenvalue weighted by molar-refractivity contribution is -0.121. The van der Waals surface area contributed by atoms with Gasteiger partial charge in [-0.05, 0) is 38.1 Å². The predicted octanol–water partition coefficient (Wildman–Crippen LogP) is 4.12. The average Bonchev–Trinajstić information content (AvgIpc) is 3.01. The van der Waals surface area contributed by atoms with E-state index < -0.39 is 6.04 Å². The molecule has 0 saturated heterocycles. The smallest absolute Gasteiger partial charge is 0.222 e. The number of aromatic nitrogens is 2. The van der Waals surface area contributed by atoms with Crippen molar-refractivity contribution in [3.05, 3.63) is 70.2 Å². The van der Waals surface area contributed by atoms with Gasteiger partial charge in [0, 0.05) is 28.9 Å². The topological polar surface area (TPSA) is 80.4 Å². The van der Waals surface area contributed by atoms with Crippen molar-refractivity contribution in [2.24, 2.45) is 4.99 Å². The minimum atomic E-state index is -0.498. The van der Waals surface area contributed by atoms with Gasteiger partial charge < -0.3 is 9.84 Å². The second-order valence-corrected chi connectivity index (χ2v) is 7.00. The van der Waals surface area contributed by atoms with E-state index in [0.717, 1.165) is 33.8 Å². The Morgan fingerprint density at radius 1 is 1.25 bits per heavy atom. The van der Waals surface area contributed by atoms with Crippen molar-refractivity contribution < 1.29 is 9.32 Å². The highest BCUT2D eigenvalue weighted by Crippen LogP contribution is 2.39. The Hall–Kier alpha value is -2.99. The van der Waals surface area contributed by atoms with Gasteiger partial charge in [0.05, 0.1) is 29.1 Å². The van der Waals surface area contributed by atoms with Crippen LogP contribution in [-0.4, -0.2) is 28.3 Å². The van der Waals surface area contributed by atoms with Crippen LogP contribution in [0.5, 0.6) is 0 Å². The lowest BCUT2D eigenvalue weighted by Gasteiger charge is -2.12. The first-order valence-electron chi connectivity index (χ1n) is 9.10. The molecule has 28 heavy (non-hydrogen) atoms. The molecule has 4 rings (SSSR count). The third kappa shape index (κ3) is 3.31. The van der Waals surface area contributed by atoms with Crippen molar-refractivity contribution in [3.8, 4) is 11.3 Å². The first-order valence-corrected chi connectivity index (χ1v) is 9.48. The van der Waals surface area contributed by atoms with Gasteiger partial charge in [-0.2, -0.15) is 0 Å². The van der Waals surface area contributed by atoms with Crippen molar-refractivity contribution in [2.75, 3.05) is 6.54 Å². The molecule has 0 saturated carbocycles. The number of hydrogen-bond donors (Lipinski definition) is 1. The molecule has 1 aliphatic rings. The molecular formula is C21H19ClN4O2. The zero-order valence-corrected chi connectivity index (χ0v) is 16.3. The minimum absolute atomic E-state index is 0.0920. The Morgan fingerprint density at radius 2 is 2.04 bits per heavy atom. The van der Waals surface area contributed by atoms with Crippen LogP contribution in [0.2, 0.25) is 5.02 Å². The fraction of sp³-hybridized carbons (Fsp3) is 0.238. The summed E-state index contributed by atoms with van der Waals surface area (Å²) in [6.45, 7) is 4.32. The molecule has 7 heteroatoms. The molecule has 1 aliphatic heterocycles. The Balaban J connectivity index is 1.92. The lowest BCUT2D eigenvalue weighted by Crippen LogP contribution is -2.24. The van der Waals surface area contributed by atoms with Crippen LogP contribution in [0.1, 0.15) is 42.0 Å². The first-order chi connectivity index (χ1) is 13.6. The molecule has 142 valence electrons. The number of rotatable bonds is 4. The quantitative estimate of drug-likeness (QED) is 0.721. The highest BCUT2D eigenvalue weighted by Gasteiger charge is 2.32. The Labute approximate surface area is 167 Å². The SMILES string of the molecule is CCNC(=O)CC1N=C(c2ccc(Cl)cc2)c2cccnc2-c2c(C)noc21. The highest BCUT2D eigenvalue weighted by atomic mass is 35.5. The number of aryl methyl sites for hydroxylation is 1. The van der Waals surface area contributed by atoms with E-state index in [9.17, 15) is 4.79 Å². The fourth-order valence-corrected chi connectivity index (χ4v) is 3.53. The molecule has 2 aromatic heterocycles. The number of carbonyl (C=O) groups excluding carboxylic acids is 1. The van der Waals surface area contributed by atoms with Crippen molar-refractivity contribution >= 4 is 23.2 Å². The molecule has 0 radical (unpaired) electrons. The summed E-state index contributed by atoms with van der Waals surface area (Å²) in [5.41, 5.74) is 4.80. The maximum Gasteiger partial charge on any atom is 0.222 e. The summed E-state index contributed by atoms with van der Waals surface area (Å²) in [6, 6.07) is 10.8. The standard InChI is InChI=1S/C21H19ClN4O2/c1-3-23-17(27)11-16-21-18(12(2)26-28-21)20-15(5-4-10-24-20)19(25-16)13-6-8-14(22)9-7-13/h4-10,16H,3,11H2,1-2H3,(H,23,27). The van der Waals surface area contributed by atoms with E-state index in [-0.39, 0.29) is 12.3 Å². The third-order valence-corrected chi connectivity index (χ3v) is 4.90. The number of hydrogen-bond acceptors (Lipinski definition) is 5. The average molecular weight is 395 g/mol. The van der Waals surface area contributed by atoms with Crippen LogP contribution in [0.25, 0.3) is 11.3 Å². The monoisotopic (exact) mass is 394 g/mol. The summed E-state index contributed by atoms with van der Waals surface area (Å²) in [5, 5.41) is 7.60. The van der Waals surface area contributed by atoms with Gasteiger partial charge in [0.25, 0.3) is 0 Å².